The van der Waals surface area contributed by atoms with E-state index in [0.29, 0.717) is 24.5 Å². The van der Waals surface area contributed by atoms with E-state index in [0.717, 1.165) is 0 Å². The molecule has 3 atom stereocenters. The van der Waals surface area contributed by atoms with Gasteiger partial charge in [-0.1, -0.05) is 18.2 Å². The van der Waals surface area contributed by atoms with Crippen LogP contribution in [0.25, 0.3) is 0 Å². The lowest BCUT2D eigenvalue weighted by atomic mass is 10.1. The number of alkyl halides is 1. The van der Waals surface area contributed by atoms with E-state index in [1.807, 2.05) is 0 Å². The van der Waals surface area contributed by atoms with Crippen LogP contribution in [0.5, 0.6) is 5.75 Å². The maximum Gasteiger partial charge on any atom is 0.297 e. The summed E-state index contributed by atoms with van der Waals surface area (Å²) in [5.41, 5.74) is 0. The van der Waals surface area contributed by atoms with Gasteiger partial charge in [0.2, 0.25) is 0 Å². The Balaban J connectivity index is 1.64. The summed E-state index contributed by atoms with van der Waals surface area (Å²) in [5.74, 6) is 0.466. The van der Waals surface area contributed by atoms with Gasteiger partial charge in [-0.25, -0.2) is 4.39 Å². The zero-order valence-corrected chi connectivity index (χ0v) is 16.0. The summed E-state index contributed by atoms with van der Waals surface area (Å²) >= 11 is 5.74. The minimum absolute atomic E-state index is 0.00988. The van der Waals surface area contributed by atoms with E-state index in [4.69, 9.17) is 25.3 Å². The van der Waals surface area contributed by atoms with Gasteiger partial charge in [0.15, 0.2) is 0 Å². The number of epoxide rings is 1. The van der Waals surface area contributed by atoms with Crippen LogP contribution in [-0.2, 0) is 19.0 Å². The lowest BCUT2D eigenvalue weighted by molar-refractivity contribution is 0.122. The third kappa shape index (κ3) is 5.90. The molecule has 0 amide bonds. The molecular formula is C19H20ClFO5S. The Hall–Kier alpha value is -1.67. The Morgan fingerprint density at radius 2 is 1.78 bits per heavy atom. The van der Waals surface area contributed by atoms with Crippen LogP contribution in [-0.4, -0.2) is 39.2 Å². The Morgan fingerprint density at radius 3 is 2.41 bits per heavy atom. The van der Waals surface area contributed by atoms with Crippen molar-refractivity contribution in [1.82, 2.24) is 0 Å². The number of halogens is 2. The van der Waals surface area contributed by atoms with Crippen molar-refractivity contribution < 1.29 is 26.5 Å². The highest BCUT2D eigenvalue weighted by Crippen LogP contribution is 2.29. The van der Waals surface area contributed by atoms with E-state index >= 15 is 0 Å². The minimum Gasteiger partial charge on any atom is -0.491 e. The fourth-order valence-corrected chi connectivity index (χ4v) is 4.00. The summed E-state index contributed by atoms with van der Waals surface area (Å²) in [6, 6.07) is 13.4. The lowest BCUT2D eigenvalue weighted by Crippen LogP contribution is -2.26. The second-order valence-electron chi connectivity index (χ2n) is 6.19. The van der Waals surface area contributed by atoms with Crippen molar-refractivity contribution in [2.24, 2.45) is 0 Å². The average Bonchev–Trinajstić information content (AvgIpc) is 3.44. The normalized spacial score (nSPS) is 20.2. The summed E-state index contributed by atoms with van der Waals surface area (Å²) in [5, 5.41) is 0. The molecule has 146 valence electrons. The maximum atomic E-state index is 13.0. The van der Waals surface area contributed by atoms with Crippen LogP contribution in [0.15, 0.2) is 59.5 Å². The van der Waals surface area contributed by atoms with E-state index in [9.17, 15) is 12.8 Å². The number of rotatable bonds is 10. The fourth-order valence-electron chi connectivity index (χ4n) is 2.62. The van der Waals surface area contributed by atoms with E-state index < -0.39 is 16.2 Å². The third-order valence-electron chi connectivity index (χ3n) is 4.16. The van der Waals surface area contributed by atoms with Crippen molar-refractivity contribution in [3.63, 3.8) is 0 Å². The molecule has 0 aromatic heterocycles. The summed E-state index contributed by atoms with van der Waals surface area (Å²) in [6.45, 7) is 0.00988. The third-order valence-corrected chi connectivity index (χ3v) is 5.84. The molecule has 0 aliphatic carbocycles. The van der Waals surface area contributed by atoms with Gasteiger partial charge >= 0.3 is 0 Å². The predicted octanol–water partition coefficient (Wildman–Crippen LogP) is 3.77. The molecule has 2 unspecified atom stereocenters. The topological polar surface area (TPSA) is 65.1 Å². The summed E-state index contributed by atoms with van der Waals surface area (Å²) in [7, 11) is -3.92. The largest absolute Gasteiger partial charge is 0.491 e. The summed E-state index contributed by atoms with van der Waals surface area (Å²) in [4.78, 5) is 0.0816. The van der Waals surface area contributed by atoms with Gasteiger partial charge in [0.1, 0.15) is 24.3 Å². The van der Waals surface area contributed by atoms with E-state index in [1.54, 1.807) is 18.2 Å². The molecule has 1 heterocycles. The van der Waals surface area contributed by atoms with Crippen molar-refractivity contribution in [2.75, 3.05) is 12.5 Å². The number of hydrogen-bond acceptors (Lipinski definition) is 5. The Kier molecular flexibility index (Phi) is 6.70. The van der Waals surface area contributed by atoms with E-state index in [1.165, 1.54) is 36.4 Å². The first-order valence-electron chi connectivity index (χ1n) is 8.56. The zero-order chi connectivity index (χ0) is 19.3. The molecule has 0 N–H and O–H groups in total. The standard InChI is InChI=1S/C19H20ClFO5S/c20-12-19-18(25-19)11-10-16(13-24-15-8-6-14(21)7-9-15)26-27(22,23)17-4-2-1-3-5-17/h1-9,16,18-19H,10-13H2/t16-,18?,19?/m1/s1. The highest BCUT2D eigenvalue weighted by molar-refractivity contribution is 7.86. The molecule has 1 aliphatic heterocycles. The maximum absolute atomic E-state index is 13.0. The first kappa shape index (κ1) is 20.1. The molecule has 8 heteroatoms. The van der Waals surface area contributed by atoms with Gasteiger partial charge < -0.3 is 9.47 Å². The smallest absolute Gasteiger partial charge is 0.297 e. The van der Waals surface area contributed by atoms with Gasteiger partial charge in [-0.15, -0.1) is 11.6 Å². The van der Waals surface area contributed by atoms with Gasteiger partial charge in [0.25, 0.3) is 10.1 Å². The van der Waals surface area contributed by atoms with Crippen LogP contribution < -0.4 is 4.74 Å². The molecule has 5 nitrogen and oxygen atoms in total. The van der Waals surface area contributed by atoms with Crippen molar-refractivity contribution in [2.45, 2.75) is 36.0 Å². The molecular weight excluding hydrogens is 395 g/mol. The molecule has 1 aliphatic rings. The first-order chi connectivity index (χ1) is 13.0. The van der Waals surface area contributed by atoms with Crippen LogP contribution in [0.4, 0.5) is 4.39 Å². The number of ether oxygens (including phenoxy) is 2. The molecule has 3 rings (SSSR count). The second-order valence-corrected chi connectivity index (χ2v) is 8.08. The van der Waals surface area contributed by atoms with Gasteiger partial charge in [-0.2, -0.15) is 8.42 Å². The monoisotopic (exact) mass is 414 g/mol. The van der Waals surface area contributed by atoms with Crippen molar-refractivity contribution in [3.05, 3.63) is 60.4 Å². The molecule has 2 aromatic rings. The molecule has 0 radical (unpaired) electrons. The van der Waals surface area contributed by atoms with Crippen LogP contribution >= 0.6 is 11.6 Å². The lowest BCUT2D eigenvalue weighted by Gasteiger charge is -2.18. The first-order valence-corrected chi connectivity index (χ1v) is 10.5. The Morgan fingerprint density at radius 1 is 1.07 bits per heavy atom. The van der Waals surface area contributed by atoms with Crippen molar-refractivity contribution in [3.8, 4) is 5.75 Å². The Bertz CT molecular complexity index is 829. The van der Waals surface area contributed by atoms with Crippen molar-refractivity contribution >= 4 is 21.7 Å². The Labute approximate surface area is 163 Å². The molecule has 2 aromatic carbocycles. The van der Waals surface area contributed by atoms with Crippen molar-refractivity contribution in [1.29, 1.82) is 0 Å². The van der Waals surface area contributed by atoms with Crippen LogP contribution in [0.1, 0.15) is 12.8 Å². The predicted molar refractivity (Wildman–Crippen MR) is 99.0 cm³/mol. The second kappa shape index (κ2) is 9.01. The van der Waals surface area contributed by atoms with Crippen LogP contribution in [0, 0.1) is 5.82 Å². The van der Waals surface area contributed by atoms with Gasteiger partial charge in [-0.05, 0) is 49.2 Å². The van der Waals surface area contributed by atoms with Crippen LogP contribution in [0.2, 0.25) is 0 Å². The van der Waals surface area contributed by atoms with Gasteiger partial charge in [0, 0.05) is 0 Å². The highest BCUT2D eigenvalue weighted by Gasteiger charge is 2.38. The summed E-state index contributed by atoms with van der Waals surface area (Å²) < 4.78 is 54.4. The SMILES string of the molecule is O=S(=O)(O[C@H](CCC1OC1CCl)COc1ccc(F)cc1)c1ccccc1. The molecule has 1 saturated heterocycles. The molecule has 0 saturated carbocycles. The quantitative estimate of drug-likeness (QED) is 0.336. The molecule has 0 bridgehead atoms. The number of hydrogen-bond donors (Lipinski definition) is 0. The van der Waals surface area contributed by atoms with Gasteiger partial charge in [0.05, 0.1) is 23.0 Å². The molecule has 1 fully saturated rings. The fraction of sp³-hybridized carbons (Fsp3) is 0.368. The van der Waals surface area contributed by atoms with E-state index in [-0.39, 0.29) is 29.5 Å². The highest BCUT2D eigenvalue weighted by atomic mass is 35.5. The summed E-state index contributed by atoms with van der Waals surface area (Å²) in [6.07, 6.45) is 0.347. The average molecular weight is 415 g/mol. The van der Waals surface area contributed by atoms with E-state index in [2.05, 4.69) is 0 Å². The molecule has 27 heavy (non-hydrogen) atoms. The molecule has 0 spiro atoms. The minimum atomic E-state index is -3.92. The van der Waals surface area contributed by atoms with Gasteiger partial charge in [-0.3, -0.25) is 4.18 Å². The zero-order valence-electron chi connectivity index (χ0n) is 14.5. The van der Waals surface area contributed by atoms with Crippen LogP contribution in [0.3, 0.4) is 0 Å². The number of benzene rings is 2.